The number of aromatic nitrogens is 3. The highest BCUT2D eigenvalue weighted by Gasteiger charge is 2.30. The number of pyridine rings is 1. The lowest BCUT2D eigenvalue weighted by atomic mass is 10.2. The second-order valence-corrected chi connectivity index (χ2v) is 6.27. The summed E-state index contributed by atoms with van der Waals surface area (Å²) in [7, 11) is 1.41. The largest absolute Gasteiger partial charge is 0.491 e. The second kappa shape index (κ2) is 8.59. The minimum absolute atomic E-state index is 0.00761. The van der Waals surface area contributed by atoms with Gasteiger partial charge in [-0.05, 0) is 37.5 Å². The summed E-state index contributed by atoms with van der Waals surface area (Å²) >= 11 is 0. The van der Waals surface area contributed by atoms with Crippen LogP contribution in [0.25, 0.3) is 0 Å². The van der Waals surface area contributed by atoms with Crippen molar-refractivity contribution < 1.29 is 23.5 Å². The van der Waals surface area contributed by atoms with Crippen molar-refractivity contribution in [3.63, 3.8) is 0 Å². The van der Waals surface area contributed by atoms with E-state index in [2.05, 4.69) is 25.6 Å². The van der Waals surface area contributed by atoms with Gasteiger partial charge < -0.3 is 14.8 Å². The number of ether oxygens (including phenoxy) is 2. The van der Waals surface area contributed by atoms with E-state index >= 15 is 0 Å². The number of amides is 2. The summed E-state index contributed by atoms with van der Waals surface area (Å²) in [6.45, 7) is 0.834. The molecule has 10 heteroatoms. The van der Waals surface area contributed by atoms with Crippen LogP contribution < -0.4 is 20.1 Å². The van der Waals surface area contributed by atoms with E-state index in [1.807, 2.05) is 0 Å². The molecule has 0 bridgehead atoms. The predicted octanol–water partition coefficient (Wildman–Crippen LogP) is 1.77. The van der Waals surface area contributed by atoms with Crippen LogP contribution in [0.3, 0.4) is 0 Å². The van der Waals surface area contributed by atoms with E-state index in [-0.39, 0.29) is 41.6 Å². The molecule has 0 aromatic carbocycles. The van der Waals surface area contributed by atoms with E-state index in [1.54, 1.807) is 13.0 Å². The van der Waals surface area contributed by atoms with Crippen molar-refractivity contribution in [3.05, 3.63) is 35.3 Å². The van der Waals surface area contributed by atoms with Crippen LogP contribution in [-0.4, -0.2) is 40.7 Å². The standard InChI is InChI=1S/C18H20FN5O4/c1-10-5-13(23-18(22-10)24-15(25)12-3-4-12)16(26)20-7-11-6-14(27-2)17(21-8-11)28-9-19/h5-6,8,12H,3-4,7,9H2,1-2H3,(H,20,26)(H,22,23,24,25). The van der Waals surface area contributed by atoms with Gasteiger partial charge in [-0.2, -0.15) is 0 Å². The zero-order valence-corrected chi connectivity index (χ0v) is 15.5. The third-order valence-electron chi connectivity index (χ3n) is 4.01. The van der Waals surface area contributed by atoms with Crippen LogP contribution in [0.15, 0.2) is 18.3 Å². The van der Waals surface area contributed by atoms with Crippen LogP contribution in [0.4, 0.5) is 10.3 Å². The molecule has 1 aliphatic rings. The Labute approximate surface area is 160 Å². The molecule has 1 aliphatic carbocycles. The van der Waals surface area contributed by atoms with Gasteiger partial charge in [0.2, 0.25) is 18.7 Å². The normalized spacial score (nSPS) is 13.0. The number of alkyl halides is 1. The quantitative estimate of drug-likeness (QED) is 0.707. The summed E-state index contributed by atoms with van der Waals surface area (Å²) < 4.78 is 22.1. The Morgan fingerprint density at radius 1 is 1.29 bits per heavy atom. The van der Waals surface area contributed by atoms with Gasteiger partial charge in [0.15, 0.2) is 5.75 Å². The lowest BCUT2D eigenvalue weighted by molar-refractivity contribution is -0.117. The third-order valence-corrected chi connectivity index (χ3v) is 4.01. The van der Waals surface area contributed by atoms with E-state index in [1.165, 1.54) is 19.4 Å². The minimum atomic E-state index is -1.02. The highest BCUT2D eigenvalue weighted by atomic mass is 19.1. The maximum atomic E-state index is 12.4. The molecule has 1 fully saturated rings. The van der Waals surface area contributed by atoms with Crippen LogP contribution >= 0.6 is 0 Å². The van der Waals surface area contributed by atoms with Gasteiger partial charge in [0, 0.05) is 24.4 Å². The molecule has 1 saturated carbocycles. The van der Waals surface area contributed by atoms with Gasteiger partial charge in [-0.25, -0.2) is 19.3 Å². The van der Waals surface area contributed by atoms with Crippen molar-refractivity contribution in [3.8, 4) is 11.6 Å². The molecule has 148 valence electrons. The number of aryl methyl sites for hydroxylation is 1. The summed E-state index contributed by atoms with van der Waals surface area (Å²) in [5, 5.41) is 5.34. The number of rotatable bonds is 8. The number of nitrogens with zero attached hydrogens (tertiary/aromatic N) is 3. The minimum Gasteiger partial charge on any atom is -0.491 e. The number of nitrogens with one attached hydrogen (secondary N) is 2. The molecule has 2 aromatic rings. The van der Waals surface area contributed by atoms with Crippen molar-refractivity contribution in [2.45, 2.75) is 26.3 Å². The first kappa shape index (κ1) is 19.5. The van der Waals surface area contributed by atoms with Gasteiger partial charge >= 0.3 is 0 Å². The Kier molecular flexibility index (Phi) is 5.97. The average Bonchev–Trinajstić information content (AvgIpc) is 3.52. The number of hydrogen-bond acceptors (Lipinski definition) is 7. The Balaban J connectivity index is 1.66. The van der Waals surface area contributed by atoms with Gasteiger partial charge in [-0.1, -0.05) is 0 Å². The highest BCUT2D eigenvalue weighted by Crippen LogP contribution is 2.29. The number of carbonyl (C=O) groups excluding carboxylic acids is 2. The van der Waals surface area contributed by atoms with Gasteiger partial charge in [-0.15, -0.1) is 0 Å². The molecule has 0 radical (unpaired) electrons. The van der Waals surface area contributed by atoms with E-state index in [4.69, 9.17) is 9.47 Å². The number of hydrogen-bond donors (Lipinski definition) is 2. The molecule has 0 saturated heterocycles. The monoisotopic (exact) mass is 389 g/mol. The van der Waals surface area contributed by atoms with Crippen molar-refractivity contribution >= 4 is 17.8 Å². The molecule has 3 rings (SSSR count). The lowest BCUT2D eigenvalue weighted by Gasteiger charge is -2.10. The molecule has 28 heavy (non-hydrogen) atoms. The Hall–Kier alpha value is -3.30. The van der Waals surface area contributed by atoms with Crippen LogP contribution in [-0.2, 0) is 11.3 Å². The van der Waals surface area contributed by atoms with Crippen LogP contribution in [0, 0.1) is 12.8 Å². The van der Waals surface area contributed by atoms with Crippen molar-refractivity contribution in [2.24, 2.45) is 5.92 Å². The zero-order valence-electron chi connectivity index (χ0n) is 15.5. The summed E-state index contributed by atoms with van der Waals surface area (Å²) in [6, 6.07) is 3.12. The molecular weight excluding hydrogens is 369 g/mol. The summed E-state index contributed by atoms with van der Waals surface area (Å²) in [4.78, 5) is 36.5. The molecular formula is C18H20FN5O4. The molecule has 2 aromatic heterocycles. The lowest BCUT2D eigenvalue weighted by Crippen LogP contribution is -2.25. The first-order valence-corrected chi connectivity index (χ1v) is 8.66. The van der Waals surface area contributed by atoms with Crippen molar-refractivity contribution in [1.29, 1.82) is 0 Å². The molecule has 0 unspecified atom stereocenters. The topological polar surface area (TPSA) is 115 Å². The molecule has 9 nitrogen and oxygen atoms in total. The Morgan fingerprint density at radius 3 is 2.75 bits per heavy atom. The third kappa shape index (κ3) is 4.90. The maximum Gasteiger partial charge on any atom is 0.270 e. The SMILES string of the molecule is COc1cc(CNC(=O)c2cc(C)nc(NC(=O)C3CC3)n2)cnc1OCF. The number of anilines is 1. The average molecular weight is 389 g/mol. The Morgan fingerprint density at radius 2 is 2.07 bits per heavy atom. The molecule has 0 aliphatic heterocycles. The smallest absolute Gasteiger partial charge is 0.270 e. The zero-order chi connectivity index (χ0) is 20.1. The van der Waals surface area contributed by atoms with Crippen LogP contribution in [0.2, 0.25) is 0 Å². The van der Waals surface area contributed by atoms with Gasteiger partial charge in [0.1, 0.15) is 5.69 Å². The summed E-state index contributed by atoms with van der Waals surface area (Å²) in [6.07, 6.45) is 3.16. The van der Waals surface area contributed by atoms with Gasteiger partial charge in [0.25, 0.3) is 11.8 Å². The first-order valence-electron chi connectivity index (χ1n) is 8.66. The molecule has 2 N–H and O–H groups in total. The highest BCUT2D eigenvalue weighted by molar-refractivity contribution is 5.95. The number of halogens is 1. The van der Waals surface area contributed by atoms with Crippen molar-refractivity contribution in [2.75, 3.05) is 19.3 Å². The fourth-order valence-corrected chi connectivity index (χ4v) is 2.45. The van der Waals surface area contributed by atoms with E-state index < -0.39 is 12.8 Å². The predicted molar refractivity (Wildman–Crippen MR) is 96.7 cm³/mol. The van der Waals surface area contributed by atoms with Crippen LogP contribution in [0.5, 0.6) is 11.6 Å². The summed E-state index contributed by atoms with van der Waals surface area (Å²) in [5.41, 5.74) is 1.32. The fraction of sp³-hybridized carbons (Fsp3) is 0.389. The number of methoxy groups -OCH3 is 1. The molecule has 2 heterocycles. The van der Waals surface area contributed by atoms with E-state index in [9.17, 15) is 14.0 Å². The fourth-order valence-electron chi connectivity index (χ4n) is 2.45. The van der Waals surface area contributed by atoms with E-state index in [0.29, 0.717) is 11.3 Å². The first-order chi connectivity index (χ1) is 13.5. The molecule has 0 atom stereocenters. The second-order valence-electron chi connectivity index (χ2n) is 6.27. The van der Waals surface area contributed by atoms with Gasteiger partial charge in [-0.3, -0.25) is 14.9 Å². The van der Waals surface area contributed by atoms with E-state index in [0.717, 1.165) is 12.8 Å². The van der Waals surface area contributed by atoms with Crippen molar-refractivity contribution in [1.82, 2.24) is 20.3 Å². The summed E-state index contributed by atoms with van der Waals surface area (Å²) in [5.74, 6) is -0.164. The molecule has 0 spiro atoms. The Bertz CT molecular complexity index is 888. The molecule has 2 amide bonds. The van der Waals surface area contributed by atoms with Gasteiger partial charge in [0.05, 0.1) is 7.11 Å². The number of carbonyl (C=O) groups is 2. The van der Waals surface area contributed by atoms with Crippen LogP contribution in [0.1, 0.15) is 34.6 Å². The maximum absolute atomic E-state index is 12.4.